The molecule has 0 aliphatic carbocycles. The number of aliphatic hydroxyl groups excluding tert-OH is 1. The van der Waals surface area contributed by atoms with Crippen molar-refractivity contribution in [3.8, 4) is 17.0 Å². The zero-order valence-electron chi connectivity index (χ0n) is 19.7. The van der Waals surface area contributed by atoms with Crippen molar-refractivity contribution in [1.29, 1.82) is 0 Å². The quantitative estimate of drug-likeness (QED) is 0.563. The minimum Gasteiger partial charge on any atom is -0.478 e. The number of anilines is 1. The number of hydrogen-bond donors (Lipinski definition) is 2. The van der Waals surface area contributed by atoms with Crippen LogP contribution in [-0.2, 0) is 5.41 Å². The molecule has 2 N–H and O–H groups in total. The van der Waals surface area contributed by atoms with Gasteiger partial charge in [0.25, 0.3) is 0 Å². The molecule has 33 heavy (non-hydrogen) atoms. The first-order chi connectivity index (χ1) is 16.0. The van der Waals surface area contributed by atoms with E-state index < -0.39 is 6.23 Å². The van der Waals surface area contributed by atoms with Crippen LogP contribution in [0.3, 0.4) is 0 Å². The Bertz CT molecular complexity index is 1130. The van der Waals surface area contributed by atoms with Crippen molar-refractivity contribution in [2.45, 2.75) is 30.9 Å². The van der Waals surface area contributed by atoms with Gasteiger partial charge in [-0.2, -0.15) is 0 Å². The van der Waals surface area contributed by atoms with E-state index >= 15 is 0 Å². The highest BCUT2D eigenvalue weighted by Crippen LogP contribution is 2.51. The summed E-state index contributed by atoms with van der Waals surface area (Å²) in [6.45, 7) is 3.47. The van der Waals surface area contributed by atoms with Gasteiger partial charge in [-0.05, 0) is 75.8 Å². The van der Waals surface area contributed by atoms with E-state index in [4.69, 9.17) is 9.72 Å². The highest BCUT2D eigenvalue weighted by atomic mass is 16.5. The molecule has 1 unspecified atom stereocenters. The lowest BCUT2D eigenvalue weighted by atomic mass is 9.72. The maximum absolute atomic E-state index is 11.2. The summed E-state index contributed by atoms with van der Waals surface area (Å²) in [5.41, 5.74) is 5.11. The number of ether oxygens (including phenoxy) is 1. The third-order valence-corrected chi connectivity index (χ3v) is 7.15. The molecule has 2 aliphatic heterocycles. The van der Waals surface area contributed by atoms with Gasteiger partial charge in [-0.1, -0.05) is 6.07 Å². The number of nitrogens with one attached hydrogen (secondary N) is 1. The van der Waals surface area contributed by atoms with Crippen molar-refractivity contribution in [3.05, 3.63) is 48.3 Å². The van der Waals surface area contributed by atoms with Gasteiger partial charge in [-0.3, -0.25) is 4.98 Å². The van der Waals surface area contributed by atoms with Crippen LogP contribution in [-0.4, -0.2) is 73.6 Å². The fraction of sp³-hybridized carbons (Fsp3) is 0.462. The van der Waals surface area contributed by atoms with Crippen molar-refractivity contribution in [2.75, 3.05) is 52.3 Å². The second kappa shape index (κ2) is 8.89. The van der Waals surface area contributed by atoms with E-state index in [-0.39, 0.29) is 5.41 Å². The summed E-state index contributed by atoms with van der Waals surface area (Å²) in [6.07, 6.45) is 6.06. The molecule has 1 atom stereocenters. The molecule has 1 fully saturated rings. The van der Waals surface area contributed by atoms with Crippen molar-refractivity contribution in [1.82, 2.24) is 20.2 Å². The van der Waals surface area contributed by atoms with Crippen LogP contribution in [0, 0.1) is 0 Å². The van der Waals surface area contributed by atoms with Crippen LogP contribution < -0.4 is 15.0 Å². The monoisotopic (exact) mass is 447 g/mol. The number of aliphatic hydroxyl groups is 1. The molecule has 2 aliphatic rings. The highest BCUT2D eigenvalue weighted by Gasteiger charge is 2.50. The van der Waals surface area contributed by atoms with Crippen molar-refractivity contribution in [2.24, 2.45) is 0 Å². The number of nitrogens with zero attached hydrogens (tertiary/aromatic N) is 4. The summed E-state index contributed by atoms with van der Waals surface area (Å²) in [5.74, 6) is 0.652. The maximum Gasteiger partial charge on any atom is 0.213 e. The second-order valence-corrected chi connectivity index (χ2v) is 9.53. The minimum absolute atomic E-state index is 0.266. The Balaban J connectivity index is 1.47. The second-order valence-electron chi connectivity index (χ2n) is 9.53. The maximum atomic E-state index is 11.2. The van der Waals surface area contributed by atoms with Crippen molar-refractivity contribution >= 4 is 16.6 Å². The molecule has 2 aromatic heterocycles. The molecule has 0 saturated carbocycles. The van der Waals surface area contributed by atoms with Crippen molar-refractivity contribution < 1.29 is 9.84 Å². The SMILES string of the molecule is CN(C)CCCOc1ccc(-c2ccc3ncc4c(c3c2)C2(CCNCC2)C(O)N4C)cn1. The molecule has 1 saturated heterocycles. The van der Waals surface area contributed by atoms with Gasteiger partial charge in [0.1, 0.15) is 6.23 Å². The Morgan fingerprint density at radius 1 is 1.12 bits per heavy atom. The minimum atomic E-state index is -0.531. The summed E-state index contributed by atoms with van der Waals surface area (Å²) in [4.78, 5) is 13.4. The molecule has 4 heterocycles. The van der Waals surface area contributed by atoms with Gasteiger partial charge in [0.15, 0.2) is 0 Å². The van der Waals surface area contributed by atoms with Crippen LogP contribution in [0.5, 0.6) is 5.88 Å². The molecule has 1 aromatic carbocycles. The zero-order valence-corrected chi connectivity index (χ0v) is 19.7. The summed E-state index contributed by atoms with van der Waals surface area (Å²) in [6, 6.07) is 10.4. The van der Waals surface area contributed by atoms with Crippen LogP contribution in [0.25, 0.3) is 22.0 Å². The normalized spacial score (nSPS) is 19.4. The van der Waals surface area contributed by atoms with Crippen LogP contribution in [0.2, 0.25) is 0 Å². The molecule has 1 spiro atoms. The standard InChI is InChI=1S/C26H33N5O2/c1-30(2)13-4-14-33-23-8-6-19(16-29-23)18-5-7-21-20(15-18)24-22(17-28-21)31(3)25(32)26(24)9-11-27-12-10-26/h5-8,15-17,25,27,32H,4,9-14H2,1-3H3. The molecule has 0 amide bonds. The number of likely N-dealkylation sites (N-methyl/N-ethyl adjacent to an activating group) is 1. The van der Waals surface area contributed by atoms with Gasteiger partial charge in [0.05, 0.1) is 24.0 Å². The predicted octanol–water partition coefficient (Wildman–Crippen LogP) is 3.02. The average molecular weight is 448 g/mol. The Hall–Kier alpha value is -2.74. The number of piperidine rings is 1. The lowest BCUT2D eigenvalue weighted by molar-refractivity contribution is 0.0731. The van der Waals surface area contributed by atoms with Crippen LogP contribution >= 0.6 is 0 Å². The first kappa shape index (κ1) is 22.1. The first-order valence-electron chi connectivity index (χ1n) is 11.8. The molecule has 5 rings (SSSR count). The molecule has 174 valence electrons. The Kier molecular flexibility index (Phi) is 5.95. The van der Waals surface area contributed by atoms with Gasteiger partial charge in [-0.25, -0.2) is 4.98 Å². The smallest absolute Gasteiger partial charge is 0.213 e. The topological polar surface area (TPSA) is 73.8 Å². The van der Waals surface area contributed by atoms with E-state index in [1.54, 1.807) is 0 Å². The molecular formula is C26H33N5O2. The Labute approximate surface area is 195 Å². The van der Waals surface area contributed by atoms with Gasteiger partial charge in [0, 0.05) is 42.2 Å². The highest BCUT2D eigenvalue weighted by molar-refractivity contribution is 5.93. The van der Waals surface area contributed by atoms with Crippen LogP contribution in [0.15, 0.2) is 42.7 Å². The van der Waals surface area contributed by atoms with E-state index in [1.165, 1.54) is 5.56 Å². The average Bonchev–Trinajstić information content (AvgIpc) is 3.04. The third kappa shape index (κ3) is 3.94. The fourth-order valence-corrected chi connectivity index (χ4v) is 5.36. The van der Waals surface area contributed by atoms with Crippen LogP contribution in [0.1, 0.15) is 24.8 Å². The summed E-state index contributed by atoms with van der Waals surface area (Å²) in [7, 11) is 6.10. The first-order valence-corrected chi connectivity index (χ1v) is 11.8. The number of rotatable bonds is 6. The van der Waals surface area contributed by atoms with Gasteiger partial charge in [-0.15, -0.1) is 0 Å². The third-order valence-electron chi connectivity index (χ3n) is 7.15. The number of aromatic nitrogens is 2. The summed E-state index contributed by atoms with van der Waals surface area (Å²) < 4.78 is 5.79. The van der Waals surface area contributed by atoms with E-state index in [1.807, 2.05) is 30.4 Å². The van der Waals surface area contributed by atoms with E-state index in [0.717, 1.165) is 66.6 Å². The molecular weight excluding hydrogens is 414 g/mol. The molecule has 3 aromatic rings. The molecule has 0 radical (unpaired) electrons. The van der Waals surface area contributed by atoms with E-state index in [2.05, 4.69) is 53.6 Å². The largest absolute Gasteiger partial charge is 0.478 e. The summed E-state index contributed by atoms with van der Waals surface area (Å²) >= 11 is 0. The Morgan fingerprint density at radius 2 is 1.91 bits per heavy atom. The number of fused-ring (bicyclic) bond motifs is 4. The Morgan fingerprint density at radius 3 is 2.64 bits per heavy atom. The zero-order chi connectivity index (χ0) is 23.0. The number of hydrogen-bond acceptors (Lipinski definition) is 7. The van der Waals surface area contributed by atoms with Crippen LogP contribution in [0.4, 0.5) is 5.69 Å². The lowest BCUT2D eigenvalue weighted by Gasteiger charge is -2.38. The van der Waals surface area contributed by atoms with Crippen molar-refractivity contribution in [3.63, 3.8) is 0 Å². The molecule has 0 bridgehead atoms. The number of pyridine rings is 2. The van der Waals surface area contributed by atoms with Gasteiger partial charge < -0.3 is 25.0 Å². The van der Waals surface area contributed by atoms with Gasteiger partial charge in [0.2, 0.25) is 5.88 Å². The summed E-state index contributed by atoms with van der Waals surface area (Å²) in [5, 5.41) is 15.8. The number of benzene rings is 1. The fourth-order valence-electron chi connectivity index (χ4n) is 5.36. The molecule has 7 heteroatoms. The predicted molar refractivity (Wildman–Crippen MR) is 132 cm³/mol. The lowest BCUT2D eigenvalue weighted by Crippen LogP contribution is -2.49. The molecule has 7 nitrogen and oxygen atoms in total. The van der Waals surface area contributed by atoms with E-state index in [0.29, 0.717) is 12.5 Å². The van der Waals surface area contributed by atoms with Gasteiger partial charge >= 0.3 is 0 Å². The van der Waals surface area contributed by atoms with E-state index in [9.17, 15) is 5.11 Å².